The molecule has 0 saturated carbocycles. The highest BCUT2D eigenvalue weighted by Crippen LogP contribution is 2.22. The summed E-state index contributed by atoms with van der Waals surface area (Å²) in [5.74, 6) is -0.304. The number of nitrogens with one attached hydrogen (secondary N) is 1. The highest BCUT2D eigenvalue weighted by molar-refractivity contribution is 5.94. The molecular formula is C24H25N5O2. The van der Waals surface area contributed by atoms with Crippen LogP contribution in [0.15, 0.2) is 53.3 Å². The van der Waals surface area contributed by atoms with Gasteiger partial charge >= 0.3 is 0 Å². The van der Waals surface area contributed by atoms with Crippen LogP contribution in [-0.2, 0) is 4.79 Å². The number of benzene rings is 2. The van der Waals surface area contributed by atoms with E-state index in [2.05, 4.69) is 15.5 Å². The monoisotopic (exact) mass is 415 g/mol. The molecule has 0 spiro atoms. The smallest absolute Gasteiger partial charge is 0.295 e. The van der Waals surface area contributed by atoms with E-state index < -0.39 is 6.04 Å². The Morgan fingerprint density at radius 2 is 1.71 bits per heavy atom. The number of nitrogens with zero attached hydrogens (tertiary/aromatic N) is 4. The van der Waals surface area contributed by atoms with E-state index >= 15 is 0 Å². The van der Waals surface area contributed by atoms with E-state index in [1.807, 2.05) is 76.2 Å². The Hall–Kier alpha value is -3.74. The summed E-state index contributed by atoms with van der Waals surface area (Å²) in [6.07, 6.45) is 0. The number of hydrogen-bond acceptors (Lipinski definition) is 4. The quantitative estimate of drug-likeness (QED) is 0.546. The Labute approximate surface area is 180 Å². The average Bonchev–Trinajstić information content (AvgIpc) is 3.11. The zero-order chi connectivity index (χ0) is 22.3. The summed E-state index contributed by atoms with van der Waals surface area (Å²) >= 11 is 0. The van der Waals surface area contributed by atoms with Crippen LogP contribution in [0.4, 0.5) is 5.69 Å². The Kier molecular flexibility index (Phi) is 5.19. The number of amides is 1. The predicted octanol–water partition coefficient (Wildman–Crippen LogP) is 4.02. The van der Waals surface area contributed by atoms with E-state index in [4.69, 9.17) is 0 Å². The molecule has 0 unspecified atom stereocenters. The number of anilines is 1. The van der Waals surface area contributed by atoms with Crippen LogP contribution in [0.25, 0.3) is 16.6 Å². The molecule has 1 amide bonds. The van der Waals surface area contributed by atoms with Gasteiger partial charge in [-0.25, -0.2) is 9.36 Å². The van der Waals surface area contributed by atoms with E-state index in [0.29, 0.717) is 16.6 Å². The third kappa shape index (κ3) is 3.63. The van der Waals surface area contributed by atoms with Gasteiger partial charge in [-0.15, -0.1) is 0 Å². The topological polar surface area (TPSA) is 81.8 Å². The van der Waals surface area contributed by atoms with Crippen molar-refractivity contribution in [2.45, 2.75) is 40.7 Å². The van der Waals surface area contributed by atoms with Gasteiger partial charge in [-0.1, -0.05) is 30.3 Å². The number of fused-ring (bicyclic) bond motifs is 1. The fourth-order valence-corrected chi connectivity index (χ4v) is 3.75. The van der Waals surface area contributed by atoms with Crippen molar-refractivity contribution in [1.29, 1.82) is 0 Å². The van der Waals surface area contributed by atoms with Crippen LogP contribution in [0, 0.1) is 27.7 Å². The Morgan fingerprint density at radius 3 is 2.42 bits per heavy atom. The molecule has 31 heavy (non-hydrogen) atoms. The summed E-state index contributed by atoms with van der Waals surface area (Å²) in [5, 5.41) is 12.7. The molecule has 0 aliphatic carbocycles. The molecule has 4 rings (SSSR count). The number of carbonyl (C=O) groups excluding carboxylic acids is 1. The van der Waals surface area contributed by atoms with Gasteiger partial charge in [-0.05, 0) is 63.9 Å². The van der Waals surface area contributed by atoms with Crippen LogP contribution in [0.1, 0.15) is 35.5 Å². The minimum Gasteiger partial charge on any atom is -0.324 e. The third-order valence-corrected chi connectivity index (χ3v) is 5.54. The van der Waals surface area contributed by atoms with E-state index in [9.17, 15) is 9.59 Å². The van der Waals surface area contributed by atoms with Crippen molar-refractivity contribution in [2.75, 3.05) is 5.32 Å². The first-order chi connectivity index (χ1) is 14.8. The first-order valence-corrected chi connectivity index (χ1v) is 10.2. The minimum atomic E-state index is -0.794. The Balaban J connectivity index is 1.76. The highest BCUT2D eigenvalue weighted by Gasteiger charge is 2.23. The van der Waals surface area contributed by atoms with Crippen molar-refractivity contribution < 1.29 is 4.79 Å². The first kappa shape index (κ1) is 20.5. The second-order valence-corrected chi connectivity index (χ2v) is 7.88. The molecule has 0 saturated heterocycles. The van der Waals surface area contributed by atoms with Crippen molar-refractivity contribution >= 4 is 22.5 Å². The molecule has 7 heteroatoms. The number of aromatic nitrogens is 4. The van der Waals surface area contributed by atoms with Crippen LogP contribution < -0.4 is 10.9 Å². The van der Waals surface area contributed by atoms with Gasteiger partial charge < -0.3 is 5.32 Å². The lowest BCUT2D eigenvalue weighted by Crippen LogP contribution is -2.34. The van der Waals surface area contributed by atoms with Gasteiger partial charge in [0.25, 0.3) is 5.56 Å². The zero-order valence-electron chi connectivity index (χ0n) is 18.3. The van der Waals surface area contributed by atoms with Crippen molar-refractivity contribution in [1.82, 2.24) is 19.6 Å². The number of para-hydroxylation sites is 1. The second-order valence-electron chi connectivity index (χ2n) is 7.88. The van der Waals surface area contributed by atoms with Gasteiger partial charge in [0.2, 0.25) is 5.91 Å². The molecular weight excluding hydrogens is 390 g/mol. The first-order valence-electron chi connectivity index (χ1n) is 10.2. The lowest BCUT2D eigenvalue weighted by atomic mass is 10.1. The molecule has 1 N–H and O–H groups in total. The fraction of sp³-hybridized carbons (Fsp3) is 0.250. The largest absolute Gasteiger partial charge is 0.324 e. The summed E-state index contributed by atoms with van der Waals surface area (Å²) < 4.78 is 2.96. The van der Waals surface area contributed by atoms with Crippen molar-refractivity contribution in [2.24, 2.45) is 0 Å². The van der Waals surface area contributed by atoms with Crippen LogP contribution in [0.3, 0.4) is 0 Å². The maximum atomic E-state index is 13.2. The summed E-state index contributed by atoms with van der Waals surface area (Å²) in [4.78, 5) is 26.2. The van der Waals surface area contributed by atoms with Crippen molar-refractivity contribution in [3.05, 3.63) is 81.4 Å². The maximum absolute atomic E-state index is 13.2. The molecule has 0 aliphatic heterocycles. The molecule has 2 aromatic carbocycles. The number of rotatable bonds is 4. The van der Waals surface area contributed by atoms with Crippen LogP contribution in [0.2, 0.25) is 0 Å². The summed E-state index contributed by atoms with van der Waals surface area (Å²) in [6, 6.07) is 14.7. The number of carbonyl (C=O) groups is 1. The van der Waals surface area contributed by atoms with E-state index in [0.717, 1.165) is 28.2 Å². The Bertz CT molecular complexity index is 1350. The third-order valence-electron chi connectivity index (χ3n) is 5.54. The lowest BCUT2D eigenvalue weighted by Gasteiger charge is -2.16. The number of hydrogen-bond donors (Lipinski definition) is 1. The van der Waals surface area contributed by atoms with Gasteiger partial charge in [0.05, 0.1) is 22.5 Å². The lowest BCUT2D eigenvalue weighted by molar-refractivity contribution is -0.119. The number of aryl methyl sites for hydroxylation is 4. The SMILES string of the molecule is Cc1ccc(C)c(NC(=O)[C@H](C)n2nc(C)c3c(C)n(-c4ccccc4)nc3c2=O)c1. The minimum absolute atomic E-state index is 0.304. The highest BCUT2D eigenvalue weighted by atomic mass is 16.2. The van der Waals surface area contributed by atoms with Crippen LogP contribution in [-0.4, -0.2) is 25.5 Å². The average molecular weight is 415 g/mol. The molecule has 0 aliphatic rings. The molecule has 0 radical (unpaired) electrons. The zero-order valence-corrected chi connectivity index (χ0v) is 18.3. The van der Waals surface area contributed by atoms with Crippen molar-refractivity contribution in [3.8, 4) is 5.69 Å². The van der Waals surface area contributed by atoms with Crippen LogP contribution >= 0.6 is 0 Å². The standard InChI is InChI=1S/C24H25N5O2/c1-14-11-12-15(2)20(13-14)25-23(30)18(5)29-24(31)22-21(16(3)26-29)17(4)28(27-22)19-9-7-6-8-10-19/h6-13,18H,1-5H3,(H,25,30)/t18-/m0/s1. The van der Waals surface area contributed by atoms with Gasteiger partial charge in [0, 0.05) is 5.69 Å². The van der Waals surface area contributed by atoms with E-state index in [-0.39, 0.29) is 11.5 Å². The molecule has 2 aromatic heterocycles. The molecule has 158 valence electrons. The van der Waals surface area contributed by atoms with Gasteiger partial charge in [0.15, 0.2) is 5.52 Å². The van der Waals surface area contributed by atoms with E-state index in [1.54, 1.807) is 11.6 Å². The molecule has 1 atom stereocenters. The maximum Gasteiger partial charge on any atom is 0.295 e. The van der Waals surface area contributed by atoms with Gasteiger partial charge in [-0.3, -0.25) is 9.59 Å². The molecule has 4 aromatic rings. The Morgan fingerprint density at radius 1 is 1.00 bits per heavy atom. The van der Waals surface area contributed by atoms with Crippen LogP contribution in [0.5, 0.6) is 0 Å². The molecule has 2 heterocycles. The predicted molar refractivity (Wildman–Crippen MR) is 122 cm³/mol. The van der Waals surface area contributed by atoms with Gasteiger partial charge in [-0.2, -0.15) is 10.2 Å². The summed E-state index contributed by atoms with van der Waals surface area (Å²) in [5.41, 5.74) is 5.00. The van der Waals surface area contributed by atoms with Crippen molar-refractivity contribution in [3.63, 3.8) is 0 Å². The second kappa shape index (κ2) is 7.83. The fourth-order valence-electron chi connectivity index (χ4n) is 3.75. The van der Waals surface area contributed by atoms with E-state index in [1.165, 1.54) is 4.68 Å². The molecule has 0 bridgehead atoms. The normalized spacial score (nSPS) is 12.2. The van der Waals surface area contributed by atoms with Gasteiger partial charge in [0.1, 0.15) is 6.04 Å². The summed E-state index contributed by atoms with van der Waals surface area (Å²) in [6.45, 7) is 9.31. The molecule has 7 nitrogen and oxygen atoms in total. The summed E-state index contributed by atoms with van der Waals surface area (Å²) in [7, 11) is 0. The molecule has 0 fully saturated rings.